The fraction of sp³-hybridized carbons (Fsp3) is 0. The first-order chi connectivity index (χ1) is 9.47. The molecule has 0 spiro atoms. The lowest BCUT2D eigenvalue weighted by Crippen LogP contribution is -2.14. The standard InChI is InChI=1S/C13H8BrFN2O3/c14-7-1-2-10(15)9(5-7)12(18)17-8-3-4-16-11(6-8)13(19)20/h1-6H,(H,19,20)(H,16,17,18). The molecule has 0 saturated heterocycles. The number of carbonyl (C=O) groups excluding carboxylic acids is 1. The molecular weight excluding hydrogens is 331 g/mol. The van der Waals surface area contributed by atoms with Gasteiger partial charge in [-0.25, -0.2) is 14.2 Å². The molecule has 2 aromatic rings. The van der Waals surface area contributed by atoms with Crippen LogP contribution >= 0.6 is 15.9 Å². The normalized spacial score (nSPS) is 10.1. The summed E-state index contributed by atoms with van der Waals surface area (Å²) in [6, 6.07) is 6.58. The van der Waals surface area contributed by atoms with Gasteiger partial charge in [0.05, 0.1) is 5.56 Å². The number of aromatic carboxylic acids is 1. The van der Waals surface area contributed by atoms with Crippen LogP contribution < -0.4 is 5.32 Å². The van der Waals surface area contributed by atoms with Gasteiger partial charge in [-0.15, -0.1) is 0 Å². The summed E-state index contributed by atoms with van der Waals surface area (Å²) in [6.45, 7) is 0. The summed E-state index contributed by atoms with van der Waals surface area (Å²) in [5, 5.41) is 11.2. The molecule has 1 aromatic heterocycles. The third kappa shape index (κ3) is 3.18. The molecule has 0 aliphatic rings. The average Bonchev–Trinajstić information content (AvgIpc) is 2.41. The van der Waals surface area contributed by atoms with E-state index >= 15 is 0 Å². The number of carboxylic acids is 1. The number of nitrogens with one attached hydrogen (secondary N) is 1. The third-order valence-corrected chi connectivity index (χ3v) is 2.90. The van der Waals surface area contributed by atoms with Gasteiger partial charge in [-0.05, 0) is 30.3 Å². The number of hydrogen-bond acceptors (Lipinski definition) is 3. The Morgan fingerprint density at radius 3 is 2.70 bits per heavy atom. The van der Waals surface area contributed by atoms with Crippen LogP contribution in [0.15, 0.2) is 41.0 Å². The van der Waals surface area contributed by atoms with Crippen LogP contribution in [0.25, 0.3) is 0 Å². The zero-order valence-corrected chi connectivity index (χ0v) is 11.5. The van der Waals surface area contributed by atoms with Gasteiger partial charge in [-0.3, -0.25) is 4.79 Å². The summed E-state index contributed by atoms with van der Waals surface area (Å²) in [7, 11) is 0. The van der Waals surface area contributed by atoms with Crippen LogP contribution in [0.5, 0.6) is 0 Å². The van der Waals surface area contributed by atoms with Crippen molar-refractivity contribution in [3.8, 4) is 0 Å². The Balaban J connectivity index is 2.25. The maximum atomic E-state index is 13.5. The van der Waals surface area contributed by atoms with Crippen LogP contribution in [-0.4, -0.2) is 22.0 Å². The van der Waals surface area contributed by atoms with Gasteiger partial charge < -0.3 is 10.4 Å². The van der Waals surface area contributed by atoms with E-state index in [2.05, 4.69) is 26.2 Å². The maximum absolute atomic E-state index is 13.5. The number of halogens is 2. The van der Waals surface area contributed by atoms with E-state index in [9.17, 15) is 14.0 Å². The summed E-state index contributed by atoms with van der Waals surface area (Å²) in [6.07, 6.45) is 1.25. The predicted molar refractivity (Wildman–Crippen MR) is 73.2 cm³/mol. The third-order valence-electron chi connectivity index (χ3n) is 2.41. The lowest BCUT2D eigenvalue weighted by molar-refractivity contribution is 0.0690. The van der Waals surface area contributed by atoms with E-state index in [0.717, 1.165) is 6.07 Å². The van der Waals surface area contributed by atoms with Crippen molar-refractivity contribution in [2.45, 2.75) is 0 Å². The van der Waals surface area contributed by atoms with Gasteiger partial charge in [-0.1, -0.05) is 15.9 Å². The number of aromatic nitrogens is 1. The minimum atomic E-state index is -1.21. The van der Waals surface area contributed by atoms with Crippen LogP contribution in [0.3, 0.4) is 0 Å². The van der Waals surface area contributed by atoms with Crippen molar-refractivity contribution >= 4 is 33.5 Å². The van der Waals surface area contributed by atoms with Gasteiger partial charge in [-0.2, -0.15) is 0 Å². The first kappa shape index (κ1) is 14.1. The van der Waals surface area contributed by atoms with E-state index in [1.54, 1.807) is 0 Å². The number of hydrogen-bond donors (Lipinski definition) is 2. The molecule has 2 rings (SSSR count). The maximum Gasteiger partial charge on any atom is 0.354 e. The van der Waals surface area contributed by atoms with Crippen LogP contribution in [0.2, 0.25) is 0 Å². The van der Waals surface area contributed by atoms with Crippen molar-refractivity contribution in [1.29, 1.82) is 0 Å². The van der Waals surface area contributed by atoms with Crippen LogP contribution in [0, 0.1) is 5.82 Å². The molecular formula is C13H8BrFN2O3. The topological polar surface area (TPSA) is 79.3 Å². The monoisotopic (exact) mass is 338 g/mol. The Morgan fingerprint density at radius 2 is 2.00 bits per heavy atom. The molecule has 0 atom stereocenters. The van der Waals surface area contributed by atoms with Gasteiger partial charge in [0.2, 0.25) is 0 Å². The number of rotatable bonds is 3. The van der Waals surface area contributed by atoms with Crippen LogP contribution in [0.1, 0.15) is 20.8 Å². The molecule has 102 valence electrons. The Morgan fingerprint density at radius 1 is 1.25 bits per heavy atom. The second-order valence-corrected chi connectivity index (χ2v) is 4.73. The molecule has 0 aliphatic carbocycles. The lowest BCUT2D eigenvalue weighted by Gasteiger charge is -2.07. The molecule has 20 heavy (non-hydrogen) atoms. The van der Waals surface area contributed by atoms with Crippen molar-refractivity contribution in [3.63, 3.8) is 0 Å². The fourth-order valence-electron chi connectivity index (χ4n) is 1.50. The Bertz CT molecular complexity index is 691. The zero-order valence-electron chi connectivity index (χ0n) is 9.93. The van der Waals surface area contributed by atoms with E-state index in [-0.39, 0.29) is 16.9 Å². The van der Waals surface area contributed by atoms with Gasteiger partial charge >= 0.3 is 5.97 Å². The van der Waals surface area contributed by atoms with Gasteiger partial charge in [0.25, 0.3) is 5.91 Å². The second-order valence-electron chi connectivity index (χ2n) is 3.81. The summed E-state index contributed by atoms with van der Waals surface area (Å²) >= 11 is 3.15. The van der Waals surface area contributed by atoms with Crippen molar-refractivity contribution < 1.29 is 19.1 Å². The van der Waals surface area contributed by atoms with Gasteiger partial charge in [0, 0.05) is 16.4 Å². The molecule has 1 heterocycles. The molecule has 1 aromatic carbocycles. The summed E-state index contributed by atoms with van der Waals surface area (Å²) in [5.41, 5.74) is -0.132. The lowest BCUT2D eigenvalue weighted by atomic mass is 10.2. The largest absolute Gasteiger partial charge is 0.477 e. The van der Waals surface area contributed by atoms with Crippen molar-refractivity contribution in [1.82, 2.24) is 4.98 Å². The Kier molecular flexibility index (Phi) is 4.09. The zero-order chi connectivity index (χ0) is 14.7. The molecule has 5 nitrogen and oxygen atoms in total. The molecule has 0 fully saturated rings. The average molecular weight is 339 g/mol. The highest BCUT2D eigenvalue weighted by molar-refractivity contribution is 9.10. The number of benzene rings is 1. The number of pyridine rings is 1. The van der Waals surface area contributed by atoms with Crippen molar-refractivity contribution in [2.24, 2.45) is 0 Å². The smallest absolute Gasteiger partial charge is 0.354 e. The van der Waals surface area contributed by atoms with E-state index < -0.39 is 17.7 Å². The number of nitrogens with zero attached hydrogens (tertiary/aromatic N) is 1. The van der Waals surface area contributed by atoms with Crippen LogP contribution in [-0.2, 0) is 0 Å². The molecule has 0 radical (unpaired) electrons. The Labute approximate surface area is 121 Å². The molecule has 1 amide bonds. The van der Waals surface area contributed by atoms with Crippen molar-refractivity contribution in [3.05, 3.63) is 58.1 Å². The molecule has 7 heteroatoms. The highest BCUT2D eigenvalue weighted by Gasteiger charge is 2.13. The van der Waals surface area contributed by atoms with E-state index in [1.807, 2.05) is 0 Å². The van der Waals surface area contributed by atoms with Gasteiger partial charge in [0.15, 0.2) is 0 Å². The molecule has 0 aliphatic heterocycles. The minimum absolute atomic E-state index is 0.145. The fourth-order valence-corrected chi connectivity index (χ4v) is 1.86. The quantitative estimate of drug-likeness (QED) is 0.901. The highest BCUT2D eigenvalue weighted by atomic mass is 79.9. The second kappa shape index (κ2) is 5.79. The van der Waals surface area contributed by atoms with Crippen LogP contribution in [0.4, 0.5) is 10.1 Å². The van der Waals surface area contributed by atoms with Gasteiger partial charge in [0.1, 0.15) is 11.5 Å². The van der Waals surface area contributed by atoms with E-state index in [0.29, 0.717) is 4.47 Å². The number of carboxylic acid groups (broad SMARTS) is 1. The Hall–Kier alpha value is -2.28. The number of carbonyl (C=O) groups is 2. The van der Waals surface area contributed by atoms with E-state index in [1.165, 1.54) is 30.5 Å². The summed E-state index contributed by atoms with van der Waals surface area (Å²) in [5.74, 6) is -2.56. The minimum Gasteiger partial charge on any atom is -0.477 e. The molecule has 2 N–H and O–H groups in total. The van der Waals surface area contributed by atoms with E-state index in [4.69, 9.17) is 5.11 Å². The molecule has 0 unspecified atom stereocenters. The molecule has 0 bridgehead atoms. The first-order valence-electron chi connectivity index (χ1n) is 5.43. The highest BCUT2D eigenvalue weighted by Crippen LogP contribution is 2.17. The first-order valence-corrected chi connectivity index (χ1v) is 6.22. The number of amides is 1. The SMILES string of the molecule is O=C(O)c1cc(NC(=O)c2cc(Br)ccc2F)ccn1. The number of anilines is 1. The predicted octanol–water partition coefficient (Wildman–Crippen LogP) is 2.93. The molecule has 0 saturated carbocycles. The summed E-state index contributed by atoms with van der Waals surface area (Å²) in [4.78, 5) is 26.3. The van der Waals surface area contributed by atoms with Crippen molar-refractivity contribution in [2.75, 3.05) is 5.32 Å². The summed E-state index contributed by atoms with van der Waals surface area (Å²) < 4.78 is 14.1.